The lowest BCUT2D eigenvalue weighted by molar-refractivity contribution is 0.372. The minimum absolute atomic E-state index is 0.416. The maximum atomic E-state index is 6.33. The van der Waals surface area contributed by atoms with Crippen LogP contribution in [0.15, 0.2) is 31.7 Å². The summed E-state index contributed by atoms with van der Waals surface area (Å²) in [5, 5.41) is 4.07. The van der Waals surface area contributed by atoms with Gasteiger partial charge < -0.3 is 10.3 Å². The van der Waals surface area contributed by atoms with E-state index in [9.17, 15) is 0 Å². The van der Waals surface area contributed by atoms with Gasteiger partial charge in [-0.25, -0.2) is 0 Å². The van der Waals surface area contributed by atoms with Crippen molar-refractivity contribution in [1.82, 2.24) is 10.1 Å². The van der Waals surface area contributed by atoms with Gasteiger partial charge in [-0.15, -0.1) is 0 Å². The fourth-order valence-corrected chi connectivity index (χ4v) is 3.20. The predicted molar refractivity (Wildman–Crippen MR) is 79.5 cm³/mol. The summed E-state index contributed by atoms with van der Waals surface area (Å²) in [4.78, 5) is 4.48. The van der Waals surface area contributed by atoms with Crippen LogP contribution in [0.2, 0.25) is 0 Å². The molecule has 0 aliphatic heterocycles. The van der Waals surface area contributed by atoms with Crippen LogP contribution in [0.25, 0.3) is 11.5 Å². The van der Waals surface area contributed by atoms with Gasteiger partial charge in [0.25, 0.3) is 5.89 Å². The summed E-state index contributed by atoms with van der Waals surface area (Å²) in [5.41, 5.74) is 6.79. The van der Waals surface area contributed by atoms with E-state index in [1.807, 2.05) is 18.2 Å². The van der Waals surface area contributed by atoms with E-state index in [1.165, 1.54) is 0 Å². The van der Waals surface area contributed by atoms with Gasteiger partial charge in [0.2, 0.25) is 0 Å². The summed E-state index contributed by atoms with van der Waals surface area (Å²) in [6.07, 6.45) is 4.10. The predicted octanol–water partition coefficient (Wildman–Crippen LogP) is 3.99. The van der Waals surface area contributed by atoms with Crippen LogP contribution in [0.3, 0.4) is 0 Å². The number of nitrogens with two attached hydrogens (primary N) is 1. The molecule has 3 rings (SSSR count). The van der Waals surface area contributed by atoms with Gasteiger partial charge in [-0.2, -0.15) is 4.98 Å². The standard InChI is InChI=1S/C13H13Br2N3O/c14-8-3-4-10(15)9(7-8)11-17-12(18-19-11)13(16)5-1-2-6-13/h3-4,7H,1-2,5-6,16H2. The van der Waals surface area contributed by atoms with Crippen molar-refractivity contribution >= 4 is 31.9 Å². The van der Waals surface area contributed by atoms with E-state index in [0.29, 0.717) is 11.7 Å². The zero-order valence-corrected chi connectivity index (χ0v) is 13.4. The number of hydrogen-bond acceptors (Lipinski definition) is 4. The summed E-state index contributed by atoms with van der Waals surface area (Å²) in [5.74, 6) is 1.12. The van der Waals surface area contributed by atoms with Crippen LogP contribution >= 0.6 is 31.9 Å². The molecule has 0 spiro atoms. The summed E-state index contributed by atoms with van der Waals surface area (Å²) in [6.45, 7) is 0. The summed E-state index contributed by atoms with van der Waals surface area (Å²) in [7, 11) is 0. The second kappa shape index (κ2) is 5.00. The Hall–Kier alpha value is -0.720. The number of hydrogen-bond donors (Lipinski definition) is 1. The molecule has 1 aliphatic rings. The molecule has 1 aromatic heterocycles. The molecule has 1 saturated carbocycles. The van der Waals surface area contributed by atoms with Crippen molar-refractivity contribution < 1.29 is 4.52 Å². The molecular weight excluding hydrogens is 374 g/mol. The van der Waals surface area contributed by atoms with Crippen molar-refractivity contribution in [2.45, 2.75) is 31.2 Å². The first kappa shape index (κ1) is 13.3. The lowest BCUT2D eigenvalue weighted by atomic mass is 9.99. The van der Waals surface area contributed by atoms with Gasteiger partial charge in [0.1, 0.15) is 0 Å². The maximum absolute atomic E-state index is 6.33. The van der Waals surface area contributed by atoms with Crippen molar-refractivity contribution in [3.05, 3.63) is 33.0 Å². The third kappa shape index (κ3) is 2.49. The van der Waals surface area contributed by atoms with Crippen LogP contribution in [-0.2, 0) is 5.54 Å². The third-order valence-electron chi connectivity index (χ3n) is 3.53. The molecule has 2 N–H and O–H groups in total. The highest BCUT2D eigenvalue weighted by atomic mass is 79.9. The van der Waals surface area contributed by atoms with E-state index in [2.05, 4.69) is 42.0 Å². The number of halogens is 2. The highest BCUT2D eigenvalue weighted by Crippen LogP contribution is 2.36. The Morgan fingerprint density at radius 3 is 2.68 bits per heavy atom. The molecule has 1 heterocycles. The van der Waals surface area contributed by atoms with Crippen molar-refractivity contribution in [3.63, 3.8) is 0 Å². The lowest BCUT2D eigenvalue weighted by Crippen LogP contribution is -2.34. The van der Waals surface area contributed by atoms with Crippen molar-refractivity contribution in [2.75, 3.05) is 0 Å². The Labute approximate surface area is 128 Å². The van der Waals surface area contributed by atoms with Gasteiger partial charge in [0.05, 0.1) is 11.1 Å². The molecule has 1 fully saturated rings. The molecule has 19 heavy (non-hydrogen) atoms. The van der Waals surface area contributed by atoms with E-state index < -0.39 is 5.54 Å². The number of aromatic nitrogens is 2. The van der Waals surface area contributed by atoms with Crippen LogP contribution in [0, 0.1) is 0 Å². The Balaban J connectivity index is 1.99. The van der Waals surface area contributed by atoms with Gasteiger partial charge in [-0.05, 0) is 47.0 Å². The fraction of sp³-hybridized carbons (Fsp3) is 0.385. The smallest absolute Gasteiger partial charge is 0.259 e. The molecular formula is C13H13Br2N3O. The number of benzene rings is 1. The van der Waals surface area contributed by atoms with Crippen LogP contribution in [0.5, 0.6) is 0 Å². The molecule has 0 radical (unpaired) electrons. The molecule has 2 aromatic rings. The number of nitrogens with zero attached hydrogens (tertiary/aromatic N) is 2. The molecule has 0 atom stereocenters. The summed E-state index contributed by atoms with van der Waals surface area (Å²) in [6, 6.07) is 5.84. The van der Waals surface area contributed by atoms with E-state index in [-0.39, 0.29) is 0 Å². The fourth-order valence-electron chi connectivity index (χ4n) is 2.43. The largest absolute Gasteiger partial charge is 0.334 e. The summed E-state index contributed by atoms with van der Waals surface area (Å²) < 4.78 is 7.26. The molecule has 100 valence electrons. The van der Waals surface area contributed by atoms with Gasteiger partial charge in [0.15, 0.2) is 5.82 Å². The summed E-state index contributed by atoms with van der Waals surface area (Å²) >= 11 is 6.94. The van der Waals surface area contributed by atoms with Crippen molar-refractivity contribution in [2.24, 2.45) is 5.73 Å². The normalized spacial score (nSPS) is 17.8. The van der Waals surface area contributed by atoms with Crippen LogP contribution in [0.4, 0.5) is 0 Å². The lowest BCUT2D eigenvalue weighted by Gasteiger charge is -2.17. The van der Waals surface area contributed by atoms with E-state index in [4.69, 9.17) is 10.3 Å². The third-order valence-corrected chi connectivity index (χ3v) is 4.71. The highest BCUT2D eigenvalue weighted by Gasteiger charge is 2.36. The zero-order chi connectivity index (χ0) is 13.5. The molecule has 0 amide bonds. The Morgan fingerprint density at radius 1 is 1.21 bits per heavy atom. The average molecular weight is 387 g/mol. The minimum Gasteiger partial charge on any atom is -0.334 e. The quantitative estimate of drug-likeness (QED) is 0.847. The Kier molecular flexibility index (Phi) is 3.49. The maximum Gasteiger partial charge on any atom is 0.259 e. The van der Waals surface area contributed by atoms with Crippen molar-refractivity contribution in [1.29, 1.82) is 0 Å². The molecule has 0 unspecified atom stereocenters. The zero-order valence-electron chi connectivity index (χ0n) is 10.2. The first-order chi connectivity index (χ1) is 9.08. The number of rotatable bonds is 2. The first-order valence-corrected chi connectivity index (χ1v) is 7.76. The van der Waals surface area contributed by atoms with Crippen LogP contribution < -0.4 is 5.73 Å². The van der Waals surface area contributed by atoms with E-state index in [0.717, 1.165) is 40.2 Å². The molecule has 6 heteroatoms. The van der Waals surface area contributed by atoms with E-state index in [1.54, 1.807) is 0 Å². The molecule has 1 aromatic carbocycles. The molecule has 0 saturated heterocycles. The topological polar surface area (TPSA) is 64.9 Å². The SMILES string of the molecule is NC1(c2noc(-c3cc(Br)ccc3Br)n2)CCCC1. The second-order valence-electron chi connectivity index (χ2n) is 4.91. The van der Waals surface area contributed by atoms with Gasteiger partial charge in [-0.1, -0.05) is 33.9 Å². The van der Waals surface area contributed by atoms with Gasteiger partial charge >= 0.3 is 0 Å². The highest BCUT2D eigenvalue weighted by molar-refractivity contribution is 9.11. The molecule has 4 nitrogen and oxygen atoms in total. The van der Waals surface area contributed by atoms with E-state index >= 15 is 0 Å². The van der Waals surface area contributed by atoms with Crippen molar-refractivity contribution in [3.8, 4) is 11.5 Å². The Morgan fingerprint density at radius 2 is 1.95 bits per heavy atom. The van der Waals surface area contributed by atoms with Crippen LogP contribution in [-0.4, -0.2) is 10.1 Å². The molecule has 1 aliphatic carbocycles. The Bertz CT molecular complexity index is 606. The first-order valence-electron chi connectivity index (χ1n) is 6.17. The van der Waals surface area contributed by atoms with Gasteiger partial charge in [0, 0.05) is 8.95 Å². The average Bonchev–Trinajstić information content (AvgIpc) is 3.02. The molecule has 0 bridgehead atoms. The second-order valence-corrected chi connectivity index (χ2v) is 6.68. The van der Waals surface area contributed by atoms with Gasteiger partial charge in [-0.3, -0.25) is 0 Å². The van der Waals surface area contributed by atoms with Crippen LogP contribution in [0.1, 0.15) is 31.5 Å². The minimum atomic E-state index is -0.416. The monoisotopic (exact) mass is 385 g/mol.